The van der Waals surface area contributed by atoms with E-state index in [2.05, 4.69) is 40.3 Å². The monoisotopic (exact) mass is 427 g/mol. The van der Waals surface area contributed by atoms with Crippen LogP contribution in [0.4, 0.5) is 5.69 Å². The normalized spacial score (nSPS) is 11.8. The largest absolute Gasteiger partial charge is 0.378 e. The number of anilines is 1. The van der Waals surface area contributed by atoms with Crippen LogP contribution in [0.1, 0.15) is 33.9 Å². The zero-order valence-electron chi connectivity index (χ0n) is 14.4. The van der Waals surface area contributed by atoms with Gasteiger partial charge in [0, 0.05) is 27.2 Å². The van der Waals surface area contributed by atoms with Crippen LogP contribution in [-0.2, 0) is 0 Å². The second kappa shape index (κ2) is 8.52. The highest BCUT2D eigenvalue weighted by Crippen LogP contribution is 2.26. The van der Waals surface area contributed by atoms with Crippen LogP contribution in [0.15, 0.2) is 77.3 Å². The summed E-state index contributed by atoms with van der Waals surface area (Å²) in [5, 5.41) is 4.13. The molecule has 3 rings (SSSR count). The second-order valence-corrected chi connectivity index (χ2v) is 7.60. The van der Waals surface area contributed by atoms with Gasteiger partial charge >= 0.3 is 0 Å². The summed E-state index contributed by atoms with van der Waals surface area (Å²) in [6.07, 6.45) is 0.358. The number of Topliss-reactive ketones (excluding diaryl/α,β-unsaturated/α-hetero) is 1. The van der Waals surface area contributed by atoms with E-state index < -0.39 is 0 Å². The van der Waals surface area contributed by atoms with E-state index >= 15 is 0 Å². The predicted molar refractivity (Wildman–Crippen MR) is 112 cm³/mol. The molecule has 0 saturated carbocycles. The van der Waals surface area contributed by atoms with Gasteiger partial charge in [0.15, 0.2) is 5.78 Å². The van der Waals surface area contributed by atoms with Gasteiger partial charge < -0.3 is 5.32 Å². The minimum absolute atomic E-state index is 0.0785. The van der Waals surface area contributed by atoms with Crippen LogP contribution in [0.2, 0.25) is 5.02 Å². The summed E-state index contributed by atoms with van der Waals surface area (Å²) in [5.41, 5.74) is 3.91. The van der Waals surface area contributed by atoms with Crippen LogP contribution in [0.5, 0.6) is 0 Å². The minimum atomic E-state index is -0.118. The molecule has 3 aromatic carbocycles. The lowest BCUT2D eigenvalue weighted by Gasteiger charge is -2.20. The number of halogens is 2. The van der Waals surface area contributed by atoms with E-state index in [1.54, 1.807) is 24.3 Å². The third kappa shape index (κ3) is 4.96. The van der Waals surface area contributed by atoms with Crippen molar-refractivity contribution in [2.45, 2.75) is 19.4 Å². The molecule has 0 heterocycles. The van der Waals surface area contributed by atoms with Gasteiger partial charge in [-0.2, -0.15) is 0 Å². The summed E-state index contributed by atoms with van der Waals surface area (Å²) in [6.45, 7) is 2.05. The van der Waals surface area contributed by atoms with Gasteiger partial charge in [-0.05, 0) is 66.6 Å². The molecule has 0 aliphatic carbocycles. The average Bonchev–Trinajstić information content (AvgIpc) is 2.62. The Morgan fingerprint density at radius 3 is 2.38 bits per heavy atom. The number of carbonyl (C=O) groups is 1. The molecule has 0 aromatic heterocycles. The Labute approximate surface area is 167 Å². The van der Waals surface area contributed by atoms with Gasteiger partial charge in [-0.1, -0.05) is 51.8 Å². The van der Waals surface area contributed by atoms with Crippen LogP contribution in [0.25, 0.3) is 0 Å². The summed E-state index contributed by atoms with van der Waals surface area (Å²) in [4.78, 5) is 12.8. The number of aryl methyl sites for hydroxylation is 1. The van der Waals surface area contributed by atoms with E-state index in [4.69, 9.17) is 11.6 Å². The highest BCUT2D eigenvalue weighted by Gasteiger charge is 2.17. The van der Waals surface area contributed by atoms with Crippen molar-refractivity contribution < 1.29 is 4.79 Å². The predicted octanol–water partition coefficient (Wildman–Crippen LogP) is 6.84. The highest BCUT2D eigenvalue weighted by molar-refractivity contribution is 9.10. The SMILES string of the molecule is Cc1cccc(NC(CC(=O)c2ccc(Cl)cc2)c2ccc(Br)cc2)c1. The van der Waals surface area contributed by atoms with Gasteiger partial charge in [0.2, 0.25) is 0 Å². The number of hydrogen-bond donors (Lipinski definition) is 1. The highest BCUT2D eigenvalue weighted by atomic mass is 79.9. The van der Waals surface area contributed by atoms with Gasteiger partial charge in [-0.25, -0.2) is 0 Å². The zero-order chi connectivity index (χ0) is 18.5. The smallest absolute Gasteiger partial charge is 0.165 e. The van der Waals surface area contributed by atoms with E-state index in [0.29, 0.717) is 17.0 Å². The Hall–Kier alpha value is -2.10. The Kier molecular flexibility index (Phi) is 6.12. The fourth-order valence-corrected chi connectivity index (χ4v) is 3.21. The maximum absolute atomic E-state index is 12.8. The van der Waals surface area contributed by atoms with Crippen molar-refractivity contribution in [1.29, 1.82) is 0 Å². The molecule has 0 amide bonds. The maximum atomic E-state index is 12.8. The first kappa shape index (κ1) is 18.7. The molecule has 0 bridgehead atoms. The van der Waals surface area contributed by atoms with Gasteiger partial charge in [-0.3, -0.25) is 4.79 Å². The van der Waals surface area contributed by atoms with Crippen molar-refractivity contribution in [2.75, 3.05) is 5.32 Å². The Bertz CT molecular complexity index is 891. The van der Waals surface area contributed by atoms with E-state index in [9.17, 15) is 4.79 Å². The Morgan fingerprint density at radius 2 is 1.73 bits per heavy atom. The number of benzene rings is 3. The Morgan fingerprint density at radius 1 is 1.04 bits per heavy atom. The zero-order valence-corrected chi connectivity index (χ0v) is 16.7. The minimum Gasteiger partial charge on any atom is -0.378 e. The lowest BCUT2D eigenvalue weighted by Crippen LogP contribution is -2.16. The average molecular weight is 429 g/mol. The molecule has 0 aliphatic rings. The van der Waals surface area contributed by atoms with Gasteiger partial charge in [0.25, 0.3) is 0 Å². The second-order valence-electron chi connectivity index (χ2n) is 6.25. The fraction of sp³-hybridized carbons (Fsp3) is 0.136. The fourth-order valence-electron chi connectivity index (χ4n) is 2.82. The van der Waals surface area contributed by atoms with Crippen molar-refractivity contribution >= 4 is 39.0 Å². The topological polar surface area (TPSA) is 29.1 Å². The Balaban J connectivity index is 1.85. The van der Waals surface area contributed by atoms with E-state index in [1.165, 1.54) is 5.56 Å². The van der Waals surface area contributed by atoms with E-state index in [0.717, 1.165) is 15.7 Å². The molecule has 1 unspecified atom stereocenters. The molecule has 0 aliphatic heterocycles. The van der Waals surface area contributed by atoms with Crippen LogP contribution in [0, 0.1) is 6.92 Å². The van der Waals surface area contributed by atoms with E-state index in [-0.39, 0.29) is 11.8 Å². The maximum Gasteiger partial charge on any atom is 0.165 e. The van der Waals surface area contributed by atoms with Crippen molar-refractivity contribution in [1.82, 2.24) is 0 Å². The molecule has 0 radical (unpaired) electrons. The molecule has 0 saturated heterocycles. The standard InChI is InChI=1S/C22H19BrClNO/c1-15-3-2-4-20(13-15)25-21(16-5-9-18(23)10-6-16)14-22(26)17-7-11-19(24)12-8-17/h2-13,21,25H,14H2,1H3. The van der Waals surface area contributed by atoms with Gasteiger partial charge in [0.05, 0.1) is 6.04 Å². The molecule has 4 heteroatoms. The van der Waals surface area contributed by atoms with Crippen molar-refractivity contribution in [3.05, 3.63) is 99.0 Å². The number of ketones is 1. The quantitative estimate of drug-likeness (QED) is 0.436. The molecule has 26 heavy (non-hydrogen) atoms. The number of nitrogens with one attached hydrogen (secondary N) is 1. The number of rotatable bonds is 6. The molecule has 2 nitrogen and oxygen atoms in total. The van der Waals surface area contributed by atoms with Gasteiger partial charge in [-0.15, -0.1) is 0 Å². The van der Waals surface area contributed by atoms with Crippen molar-refractivity contribution in [3.63, 3.8) is 0 Å². The summed E-state index contributed by atoms with van der Waals surface area (Å²) < 4.78 is 1.01. The molecule has 1 atom stereocenters. The lowest BCUT2D eigenvalue weighted by atomic mass is 9.97. The van der Waals surface area contributed by atoms with Crippen molar-refractivity contribution in [3.8, 4) is 0 Å². The lowest BCUT2D eigenvalue weighted by molar-refractivity contribution is 0.0976. The molecular formula is C22H19BrClNO. The molecular weight excluding hydrogens is 410 g/mol. The molecule has 1 N–H and O–H groups in total. The first-order valence-electron chi connectivity index (χ1n) is 8.39. The first-order chi connectivity index (χ1) is 12.5. The summed E-state index contributed by atoms with van der Waals surface area (Å²) in [6, 6.07) is 23.1. The summed E-state index contributed by atoms with van der Waals surface area (Å²) >= 11 is 9.39. The third-order valence-corrected chi connectivity index (χ3v) is 4.97. The number of hydrogen-bond acceptors (Lipinski definition) is 2. The molecule has 0 fully saturated rings. The molecule has 3 aromatic rings. The van der Waals surface area contributed by atoms with E-state index in [1.807, 2.05) is 36.4 Å². The van der Waals surface area contributed by atoms with Crippen LogP contribution in [-0.4, -0.2) is 5.78 Å². The molecule has 0 spiro atoms. The van der Waals surface area contributed by atoms with Crippen LogP contribution in [0.3, 0.4) is 0 Å². The third-order valence-electron chi connectivity index (χ3n) is 4.19. The number of carbonyl (C=O) groups excluding carboxylic acids is 1. The first-order valence-corrected chi connectivity index (χ1v) is 9.56. The van der Waals surface area contributed by atoms with Crippen LogP contribution >= 0.6 is 27.5 Å². The van der Waals surface area contributed by atoms with Crippen molar-refractivity contribution in [2.24, 2.45) is 0 Å². The summed E-state index contributed by atoms with van der Waals surface area (Å²) in [5.74, 6) is 0.0785. The molecule has 132 valence electrons. The summed E-state index contributed by atoms with van der Waals surface area (Å²) in [7, 11) is 0. The van der Waals surface area contributed by atoms with Gasteiger partial charge in [0.1, 0.15) is 0 Å². The van der Waals surface area contributed by atoms with Crippen LogP contribution < -0.4 is 5.32 Å².